The SMILES string of the molecule is CCC1(CC)C(=O)N(C(CCC(=O)O)C(=O)O)C(=O)N([C@@H](CCCCNC/C=C/c2ccc(N=[N+]=[N-])cc2)C(=O)O)C1=O. The lowest BCUT2D eigenvalue weighted by Crippen LogP contribution is -2.70. The summed E-state index contributed by atoms with van der Waals surface area (Å²) >= 11 is 0. The van der Waals surface area contributed by atoms with Gasteiger partial charge in [-0.2, -0.15) is 0 Å². The van der Waals surface area contributed by atoms with Gasteiger partial charge in [-0.25, -0.2) is 24.2 Å². The summed E-state index contributed by atoms with van der Waals surface area (Å²) in [6, 6.07) is 2.02. The molecular formula is C28H36N6O9. The van der Waals surface area contributed by atoms with Crippen LogP contribution in [0, 0.1) is 5.41 Å². The fourth-order valence-electron chi connectivity index (χ4n) is 4.91. The molecule has 232 valence electrons. The Kier molecular flexibility index (Phi) is 12.8. The Balaban J connectivity index is 2.11. The van der Waals surface area contributed by atoms with Gasteiger partial charge in [0.15, 0.2) is 0 Å². The van der Waals surface area contributed by atoms with Crippen LogP contribution in [0.15, 0.2) is 35.5 Å². The number of urea groups is 1. The van der Waals surface area contributed by atoms with Crippen molar-refractivity contribution >= 4 is 47.5 Å². The second kappa shape index (κ2) is 16.0. The monoisotopic (exact) mass is 600 g/mol. The molecule has 1 heterocycles. The second-order valence-electron chi connectivity index (χ2n) is 9.95. The van der Waals surface area contributed by atoms with E-state index in [4.69, 9.17) is 10.6 Å². The van der Waals surface area contributed by atoms with Crippen LogP contribution in [0.4, 0.5) is 10.5 Å². The van der Waals surface area contributed by atoms with E-state index in [0.29, 0.717) is 35.0 Å². The topological polar surface area (TPSA) is 230 Å². The molecule has 0 saturated carbocycles. The first-order chi connectivity index (χ1) is 20.4. The van der Waals surface area contributed by atoms with Crippen LogP contribution in [0.5, 0.6) is 0 Å². The molecule has 43 heavy (non-hydrogen) atoms. The molecule has 1 unspecified atom stereocenters. The summed E-state index contributed by atoms with van der Waals surface area (Å²) in [5, 5.41) is 35.5. The van der Waals surface area contributed by atoms with Crippen molar-refractivity contribution in [3.05, 3.63) is 46.3 Å². The standard InChI is InChI=1S/C28H36N6O9/c1-3-28(4-2)25(41)33(27(43)34(26(28)42)21(24(39)40)14-15-22(35)36)20(23(37)38)9-5-6-16-30-17-7-8-18-10-12-19(13-11-18)31-32-29/h7-8,10-13,20-21,30H,3-6,9,14-17H2,1-2H3,(H,35,36)(H,37,38)(H,39,40)/b8-7+/t20-,21?/m0/s1. The third-order valence-corrected chi connectivity index (χ3v) is 7.41. The molecule has 0 bridgehead atoms. The highest BCUT2D eigenvalue weighted by molar-refractivity contribution is 6.21. The number of nitrogens with one attached hydrogen (secondary N) is 1. The first kappa shape index (κ1) is 34.5. The molecule has 2 atom stereocenters. The normalized spacial score (nSPS) is 16.2. The molecule has 15 nitrogen and oxygen atoms in total. The van der Waals surface area contributed by atoms with Gasteiger partial charge in [0, 0.05) is 23.6 Å². The number of unbranched alkanes of at least 4 members (excludes halogenated alkanes) is 1. The van der Waals surface area contributed by atoms with Crippen molar-refractivity contribution in [1.82, 2.24) is 15.1 Å². The Morgan fingerprint density at radius 1 is 0.953 bits per heavy atom. The number of hydrogen-bond acceptors (Lipinski definition) is 8. The van der Waals surface area contributed by atoms with Crippen molar-refractivity contribution in [1.29, 1.82) is 0 Å². The van der Waals surface area contributed by atoms with Crippen LogP contribution in [0.25, 0.3) is 16.5 Å². The highest BCUT2D eigenvalue weighted by atomic mass is 16.4. The van der Waals surface area contributed by atoms with Crippen LogP contribution in [-0.4, -0.2) is 86.0 Å². The number of carbonyl (C=O) groups excluding carboxylic acids is 3. The minimum Gasteiger partial charge on any atom is -0.481 e. The number of carboxylic acids is 3. The number of imide groups is 2. The number of rotatable bonds is 18. The van der Waals surface area contributed by atoms with E-state index < -0.39 is 66.1 Å². The predicted molar refractivity (Wildman–Crippen MR) is 153 cm³/mol. The summed E-state index contributed by atoms with van der Waals surface area (Å²) in [5.74, 6) is -6.56. The molecule has 0 aromatic heterocycles. The summed E-state index contributed by atoms with van der Waals surface area (Å²) < 4.78 is 0. The number of nitrogens with zero attached hydrogens (tertiary/aromatic N) is 5. The van der Waals surface area contributed by atoms with E-state index in [2.05, 4.69) is 15.3 Å². The summed E-state index contributed by atoms with van der Waals surface area (Å²) in [6.45, 7) is 4.01. The number of benzene rings is 1. The van der Waals surface area contributed by atoms with Crippen LogP contribution >= 0.6 is 0 Å². The molecule has 1 saturated heterocycles. The lowest BCUT2D eigenvalue weighted by atomic mass is 9.77. The van der Waals surface area contributed by atoms with E-state index in [0.717, 1.165) is 5.56 Å². The maximum atomic E-state index is 13.6. The van der Waals surface area contributed by atoms with Crippen molar-refractivity contribution < 1.29 is 44.1 Å². The van der Waals surface area contributed by atoms with E-state index in [9.17, 15) is 39.0 Å². The largest absolute Gasteiger partial charge is 0.481 e. The summed E-state index contributed by atoms with van der Waals surface area (Å²) in [5.41, 5.74) is 7.99. The summed E-state index contributed by atoms with van der Waals surface area (Å²) in [6.07, 6.45) is 2.86. The fraction of sp³-hybridized carbons (Fsp3) is 0.500. The first-order valence-electron chi connectivity index (χ1n) is 13.9. The molecule has 0 aliphatic carbocycles. The Hall–Kier alpha value is -4.75. The molecule has 1 fully saturated rings. The number of hydrogen-bond donors (Lipinski definition) is 4. The Labute approximate surface area is 247 Å². The predicted octanol–water partition coefficient (Wildman–Crippen LogP) is 3.77. The Bertz CT molecular complexity index is 1290. The van der Waals surface area contributed by atoms with Crippen molar-refractivity contribution in [2.45, 2.75) is 70.9 Å². The maximum Gasteiger partial charge on any atom is 0.335 e. The van der Waals surface area contributed by atoms with Crippen molar-refractivity contribution in [2.24, 2.45) is 10.5 Å². The molecule has 0 spiro atoms. The highest BCUT2D eigenvalue weighted by Gasteiger charge is 2.59. The maximum absolute atomic E-state index is 13.6. The van der Waals surface area contributed by atoms with Gasteiger partial charge in [-0.05, 0) is 56.2 Å². The lowest BCUT2D eigenvalue weighted by molar-refractivity contribution is -0.170. The number of amides is 4. The van der Waals surface area contributed by atoms with E-state index >= 15 is 0 Å². The van der Waals surface area contributed by atoms with E-state index in [1.807, 2.05) is 12.2 Å². The lowest BCUT2D eigenvalue weighted by Gasteiger charge is -2.46. The molecule has 0 radical (unpaired) electrons. The average Bonchev–Trinajstić information content (AvgIpc) is 2.96. The zero-order chi connectivity index (χ0) is 32.2. The third kappa shape index (κ3) is 8.40. The first-order valence-corrected chi connectivity index (χ1v) is 13.9. The van der Waals surface area contributed by atoms with Gasteiger partial charge in [-0.3, -0.25) is 14.4 Å². The average molecular weight is 601 g/mol. The molecule has 1 aliphatic heterocycles. The quantitative estimate of drug-likeness (QED) is 0.0626. The van der Waals surface area contributed by atoms with E-state index in [-0.39, 0.29) is 25.7 Å². The smallest absolute Gasteiger partial charge is 0.335 e. The Morgan fingerprint density at radius 2 is 1.51 bits per heavy atom. The Morgan fingerprint density at radius 3 is 2.00 bits per heavy atom. The van der Waals surface area contributed by atoms with Crippen LogP contribution in [0.2, 0.25) is 0 Å². The van der Waals surface area contributed by atoms with Gasteiger partial charge in [0.05, 0.1) is 0 Å². The van der Waals surface area contributed by atoms with Crippen molar-refractivity contribution in [3.8, 4) is 0 Å². The van der Waals surface area contributed by atoms with E-state index in [1.165, 1.54) is 13.8 Å². The fourth-order valence-corrected chi connectivity index (χ4v) is 4.91. The van der Waals surface area contributed by atoms with Gasteiger partial charge < -0.3 is 20.6 Å². The number of aliphatic carboxylic acids is 3. The zero-order valence-electron chi connectivity index (χ0n) is 24.0. The molecular weight excluding hydrogens is 564 g/mol. The zero-order valence-corrected chi connectivity index (χ0v) is 24.0. The van der Waals surface area contributed by atoms with Gasteiger partial charge in [-0.15, -0.1) is 0 Å². The number of barbiturate groups is 1. The minimum atomic E-state index is -1.89. The molecule has 4 amide bonds. The minimum absolute atomic E-state index is 0.117. The molecule has 4 N–H and O–H groups in total. The molecule has 1 aromatic rings. The highest BCUT2D eigenvalue weighted by Crippen LogP contribution is 2.39. The number of azide groups is 1. The summed E-state index contributed by atoms with van der Waals surface area (Å²) in [4.78, 5) is 79.5. The van der Waals surface area contributed by atoms with Gasteiger partial charge in [-0.1, -0.05) is 55.4 Å². The summed E-state index contributed by atoms with van der Waals surface area (Å²) in [7, 11) is 0. The van der Waals surface area contributed by atoms with Gasteiger partial charge >= 0.3 is 23.9 Å². The number of carboxylic acid groups (broad SMARTS) is 3. The van der Waals surface area contributed by atoms with Gasteiger partial charge in [0.25, 0.3) is 0 Å². The van der Waals surface area contributed by atoms with Crippen LogP contribution in [0.1, 0.15) is 64.4 Å². The van der Waals surface area contributed by atoms with Crippen LogP contribution in [0.3, 0.4) is 0 Å². The molecule has 2 rings (SSSR count). The van der Waals surface area contributed by atoms with Gasteiger partial charge in [0.2, 0.25) is 11.8 Å². The third-order valence-electron chi connectivity index (χ3n) is 7.41. The van der Waals surface area contributed by atoms with Crippen LogP contribution < -0.4 is 5.32 Å². The molecule has 15 heteroatoms. The molecule has 1 aromatic carbocycles. The van der Waals surface area contributed by atoms with E-state index in [1.54, 1.807) is 24.3 Å². The van der Waals surface area contributed by atoms with Crippen LogP contribution in [-0.2, 0) is 24.0 Å². The van der Waals surface area contributed by atoms with Crippen molar-refractivity contribution in [3.63, 3.8) is 0 Å². The molecule has 1 aliphatic rings. The number of carbonyl (C=O) groups is 6. The van der Waals surface area contributed by atoms with Crippen molar-refractivity contribution in [2.75, 3.05) is 13.1 Å². The second-order valence-corrected chi connectivity index (χ2v) is 9.95. The van der Waals surface area contributed by atoms with Gasteiger partial charge in [0.1, 0.15) is 17.5 Å².